The quantitative estimate of drug-likeness (QED) is 0.482. The van der Waals surface area contributed by atoms with Crippen molar-refractivity contribution in [2.75, 3.05) is 6.61 Å². The average molecular weight is 311 g/mol. The molecule has 0 saturated carbocycles. The summed E-state index contributed by atoms with van der Waals surface area (Å²) >= 11 is 0. The van der Waals surface area contributed by atoms with Crippen molar-refractivity contribution in [1.82, 2.24) is 4.90 Å². The summed E-state index contributed by atoms with van der Waals surface area (Å²) in [6, 6.07) is 9.52. The molecule has 1 spiro atoms. The van der Waals surface area contributed by atoms with E-state index in [9.17, 15) is 14.4 Å². The van der Waals surface area contributed by atoms with Crippen LogP contribution in [-0.2, 0) is 25.7 Å². The number of likely N-dealkylation sites (tertiary alicyclic amines) is 1. The van der Waals surface area contributed by atoms with E-state index in [1.54, 1.807) is 24.0 Å². The molecule has 1 unspecified atom stereocenters. The fraction of sp³-hybridized carbons (Fsp3) is 0.278. The summed E-state index contributed by atoms with van der Waals surface area (Å²) in [4.78, 5) is 37.7. The van der Waals surface area contributed by atoms with Crippen molar-refractivity contribution in [2.24, 2.45) is 5.92 Å². The lowest BCUT2D eigenvalue weighted by atomic mass is 9.70. The smallest absolute Gasteiger partial charge is 0.321 e. The van der Waals surface area contributed by atoms with Gasteiger partial charge in [-0.05, 0) is 36.8 Å². The van der Waals surface area contributed by atoms with E-state index in [4.69, 9.17) is 4.74 Å². The molecule has 0 bridgehead atoms. The predicted molar refractivity (Wildman–Crippen MR) is 83.1 cm³/mol. The molecule has 1 heterocycles. The summed E-state index contributed by atoms with van der Waals surface area (Å²) in [5.74, 6) is -1.91. The van der Waals surface area contributed by atoms with Crippen molar-refractivity contribution in [1.29, 1.82) is 0 Å². The van der Waals surface area contributed by atoms with Crippen molar-refractivity contribution >= 4 is 17.7 Å². The van der Waals surface area contributed by atoms with Gasteiger partial charge < -0.3 is 9.64 Å². The molecule has 23 heavy (non-hydrogen) atoms. The van der Waals surface area contributed by atoms with Gasteiger partial charge >= 0.3 is 5.97 Å². The highest BCUT2D eigenvalue weighted by Crippen LogP contribution is 2.43. The number of allylic oxidation sites excluding steroid dienone is 2. The maximum atomic E-state index is 12.5. The molecule has 1 atom stereocenters. The first kappa shape index (κ1) is 15.2. The maximum Gasteiger partial charge on any atom is 0.321 e. The van der Waals surface area contributed by atoms with E-state index in [-0.39, 0.29) is 18.3 Å². The number of β-lactam (4-membered cyclic amide) rings is 1. The van der Waals surface area contributed by atoms with Gasteiger partial charge in [0.15, 0.2) is 11.7 Å². The second-order valence-electron chi connectivity index (χ2n) is 5.55. The van der Waals surface area contributed by atoms with Gasteiger partial charge in [-0.2, -0.15) is 0 Å². The van der Waals surface area contributed by atoms with Crippen molar-refractivity contribution in [2.45, 2.75) is 19.0 Å². The molecule has 5 heteroatoms. The van der Waals surface area contributed by atoms with Gasteiger partial charge in [-0.25, -0.2) is 0 Å². The maximum absolute atomic E-state index is 12.5. The number of benzene rings is 1. The van der Waals surface area contributed by atoms with Gasteiger partial charge in [0.05, 0.1) is 6.61 Å². The van der Waals surface area contributed by atoms with Crippen LogP contribution in [0.2, 0.25) is 0 Å². The van der Waals surface area contributed by atoms with Gasteiger partial charge in [0.2, 0.25) is 5.91 Å². The zero-order valence-electron chi connectivity index (χ0n) is 12.8. The zero-order valence-corrected chi connectivity index (χ0v) is 12.8. The van der Waals surface area contributed by atoms with E-state index in [2.05, 4.69) is 0 Å². The molecule has 1 aromatic rings. The third-order valence-electron chi connectivity index (χ3n) is 4.18. The number of hydrogen-bond acceptors (Lipinski definition) is 4. The standard InChI is InChI=1S/C18H17NO4/c1-2-23-17(22)15-16(21)19(12-13-6-4-3-5-7-13)18(15)10-8-14(20)9-11-18/h3-11,15H,2,12H2,1H3. The number of ether oxygens (including phenoxy) is 1. The summed E-state index contributed by atoms with van der Waals surface area (Å²) in [6.07, 6.45) is 6.05. The molecule has 1 aromatic carbocycles. The van der Waals surface area contributed by atoms with Crippen molar-refractivity contribution in [3.8, 4) is 0 Å². The molecule has 0 aromatic heterocycles. The van der Waals surface area contributed by atoms with Crippen LogP contribution in [0.3, 0.4) is 0 Å². The Bertz CT molecular complexity index is 689. The van der Waals surface area contributed by atoms with Gasteiger partial charge in [0.25, 0.3) is 0 Å². The summed E-state index contributed by atoms with van der Waals surface area (Å²) in [5.41, 5.74) is 0.0498. The first-order valence-corrected chi connectivity index (χ1v) is 7.53. The molecule has 3 rings (SSSR count). The van der Waals surface area contributed by atoms with Crippen LogP contribution in [-0.4, -0.2) is 34.7 Å². The van der Waals surface area contributed by atoms with Crippen LogP contribution in [0.25, 0.3) is 0 Å². The number of amides is 1. The van der Waals surface area contributed by atoms with Gasteiger partial charge in [0.1, 0.15) is 5.54 Å². The highest BCUT2D eigenvalue weighted by molar-refractivity contribution is 6.09. The second-order valence-corrected chi connectivity index (χ2v) is 5.55. The molecule has 1 fully saturated rings. The largest absolute Gasteiger partial charge is 0.465 e. The van der Waals surface area contributed by atoms with E-state index in [0.29, 0.717) is 6.54 Å². The van der Waals surface area contributed by atoms with Crippen LogP contribution in [0, 0.1) is 5.92 Å². The monoisotopic (exact) mass is 311 g/mol. The number of carbonyl (C=O) groups is 3. The van der Waals surface area contributed by atoms with E-state index in [1.807, 2.05) is 30.3 Å². The number of hydrogen-bond donors (Lipinski definition) is 0. The van der Waals surface area contributed by atoms with Crippen LogP contribution in [0.1, 0.15) is 12.5 Å². The average Bonchev–Trinajstić information content (AvgIpc) is 2.56. The Morgan fingerprint density at radius 1 is 1.17 bits per heavy atom. The Morgan fingerprint density at radius 2 is 1.83 bits per heavy atom. The Morgan fingerprint density at radius 3 is 2.43 bits per heavy atom. The van der Waals surface area contributed by atoms with Gasteiger partial charge in [-0.3, -0.25) is 14.4 Å². The number of ketones is 1. The normalized spacial score (nSPS) is 21.4. The van der Waals surface area contributed by atoms with E-state index in [1.165, 1.54) is 12.2 Å². The topological polar surface area (TPSA) is 63.7 Å². The lowest BCUT2D eigenvalue weighted by Crippen LogP contribution is -2.71. The highest BCUT2D eigenvalue weighted by atomic mass is 16.5. The lowest BCUT2D eigenvalue weighted by molar-refractivity contribution is -0.177. The summed E-state index contributed by atoms with van der Waals surface area (Å²) in [5, 5.41) is 0. The zero-order chi connectivity index (χ0) is 16.4. The molecule has 1 aliphatic heterocycles. The van der Waals surface area contributed by atoms with Crippen LogP contribution in [0.15, 0.2) is 54.6 Å². The number of rotatable bonds is 4. The first-order valence-electron chi connectivity index (χ1n) is 7.53. The molecular weight excluding hydrogens is 294 g/mol. The SMILES string of the molecule is CCOC(=O)C1C(=O)N(Cc2ccccc2)C12C=CC(=O)C=C2. The number of nitrogens with zero attached hydrogens (tertiary/aromatic N) is 1. The molecule has 1 aliphatic carbocycles. The van der Waals surface area contributed by atoms with E-state index < -0.39 is 17.4 Å². The minimum atomic E-state index is -0.924. The predicted octanol–water partition coefficient (Wildman–Crippen LogP) is 1.64. The Kier molecular flexibility index (Phi) is 3.86. The second kappa shape index (κ2) is 5.83. The summed E-state index contributed by atoms with van der Waals surface area (Å²) in [6.45, 7) is 2.29. The van der Waals surface area contributed by atoms with Gasteiger partial charge in [0, 0.05) is 6.54 Å². The number of carbonyl (C=O) groups excluding carboxylic acids is 3. The van der Waals surface area contributed by atoms with Crippen molar-refractivity contribution in [3.05, 3.63) is 60.2 Å². The van der Waals surface area contributed by atoms with E-state index in [0.717, 1.165) is 5.56 Å². The molecule has 1 saturated heterocycles. The third kappa shape index (κ3) is 2.48. The fourth-order valence-electron chi connectivity index (χ4n) is 3.04. The fourth-order valence-corrected chi connectivity index (χ4v) is 3.04. The summed E-state index contributed by atoms with van der Waals surface area (Å²) in [7, 11) is 0. The molecule has 118 valence electrons. The Labute approximate surface area is 134 Å². The van der Waals surface area contributed by atoms with Crippen molar-refractivity contribution < 1.29 is 19.1 Å². The van der Waals surface area contributed by atoms with Crippen LogP contribution in [0.4, 0.5) is 0 Å². The van der Waals surface area contributed by atoms with Crippen LogP contribution < -0.4 is 0 Å². The lowest BCUT2D eigenvalue weighted by Gasteiger charge is -2.54. The molecule has 1 amide bonds. The Balaban J connectivity index is 1.92. The molecule has 0 N–H and O–H groups in total. The molecular formula is C18H17NO4. The third-order valence-corrected chi connectivity index (χ3v) is 4.18. The summed E-state index contributed by atoms with van der Waals surface area (Å²) < 4.78 is 5.03. The first-order chi connectivity index (χ1) is 11.1. The number of esters is 1. The minimum Gasteiger partial charge on any atom is -0.465 e. The highest BCUT2D eigenvalue weighted by Gasteiger charge is 2.62. The van der Waals surface area contributed by atoms with Crippen LogP contribution >= 0.6 is 0 Å². The molecule has 0 radical (unpaired) electrons. The van der Waals surface area contributed by atoms with E-state index >= 15 is 0 Å². The minimum absolute atomic E-state index is 0.155. The van der Waals surface area contributed by atoms with Gasteiger partial charge in [-0.15, -0.1) is 0 Å². The van der Waals surface area contributed by atoms with Crippen LogP contribution in [0.5, 0.6) is 0 Å². The molecule has 2 aliphatic rings. The Hall–Kier alpha value is -2.69. The molecule has 5 nitrogen and oxygen atoms in total. The van der Waals surface area contributed by atoms with Crippen molar-refractivity contribution in [3.63, 3.8) is 0 Å². The van der Waals surface area contributed by atoms with Gasteiger partial charge in [-0.1, -0.05) is 30.3 Å².